The van der Waals surface area contributed by atoms with E-state index in [0.29, 0.717) is 5.56 Å². The Balaban J connectivity index is 1.85. The van der Waals surface area contributed by atoms with Crippen LogP contribution in [0.5, 0.6) is 0 Å². The molecule has 0 fully saturated rings. The van der Waals surface area contributed by atoms with Gasteiger partial charge in [0.15, 0.2) is 0 Å². The summed E-state index contributed by atoms with van der Waals surface area (Å²) in [6.07, 6.45) is -4.46. The highest BCUT2D eigenvalue weighted by molar-refractivity contribution is 7.08. The van der Waals surface area contributed by atoms with Crippen LogP contribution in [0, 0.1) is 6.92 Å². The van der Waals surface area contributed by atoms with Gasteiger partial charge in [-0.1, -0.05) is 12.1 Å². The van der Waals surface area contributed by atoms with Gasteiger partial charge in [0.25, 0.3) is 5.91 Å². The van der Waals surface area contributed by atoms with Gasteiger partial charge in [0.05, 0.1) is 11.3 Å². The second-order valence-corrected chi connectivity index (χ2v) is 6.85. The lowest BCUT2D eigenvalue weighted by molar-refractivity contribution is -0.137. The Hall–Kier alpha value is -2.80. The van der Waals surface area contributed by atoms with Gasteiger partial charge in [-0.05, 0) is 54.3 Å². The third-order valence-corrected chi connectivity index (χ3v) is 4.84. The number of nitrogens with one attached hydrogen (secondary N) is 1. The number of carbonyl (C=O) groups is 1. The predicted molar refractivity (Wildman–Crippen MR) is 103 cm³/mol. The Bertz CT molecular complexity index is 952. The maximum atomic E-state index is 12.8. The topological polar surface area (TPSA) is 32.3 Å². The number of rotatable bonds is 4. The minimum Gasteiger partial charge on any atom is -0.344 e. The van der Waals surface area contributed by atoms with Crippen molar-refractivity contribution in [3.05, 3.63) is 76.0 Å². The molecule has 0 aliphatic heterocycles. The molecule has 3 aromatic rings. The van der Waals surface area contributed by atoms with E-state index in [1.165, 1.54) is 12.1 Å². The number of benzene rings is 2. The lowest BCUT2D eigenvalue weighted by Crippen LogP contribution is -2.15. The molecule has 1 N–H and O–H groups in total. The van der Waals surface area contributed by atoms with Gasteiger partial charge in [-0.2, -0.15) is 24.5 Å². The van der Waals surface area contributed by atoms with Gasteiger partial charge in [0, 0.05) is 29.4 Å². The van der Waals surface area contributed by atoms with Crippen molar-refractivity contribution in [1.82, 2.24) is 0 Å². The van der Waals surface area contributed by atoms with E-state index >= 15 is 0 Å². The van der Waals surface area contributed by atoms with E-state index in [1.807, 2.05) is 41.8 Å². The number of thiophene rings is 1. The zero-order chi connectivity index (χ0) is 19.6. The molecule has 0 bridgehead atoms. The van der Waals surface area contributed by atoms with E-state index in [-0.39, 0.29) is 5.69 Å². The maximum absolute atomic E-state index is 12.8. The predicted octanol–water partition coefficient (Wildman–Crippen LogP) is 6.10. The largest absolute Gasteiger partial charge is 0.416 e. The molecule has 27 heavy (non-hydrogen) atoms. The van der Waals surface area contributed by atoms with E-state index in [9.17, 15) is 18.0 Å². The zero-order valence-corrected chi connectivity index (χ0v) is 15.5. The van der Waals surface area contributed by atoms with Gasteiger partial charge in [0.1, 0.15) is 0 Å². The van der Waals surface area contributed by atoms with Crippen LogP contribution in [0.3, 0.4) is 0 Å². The quantitative estimate of drug-likeness (QED) is 0.584. The Morgan fingerprint density at radius 2 is 1.89 bits per heavy atom. The first kappa shape index (κ1) is 19.0. The van der Waals surface area contributed by atoms with E-state index in [4.69, 9.17) is 0 Å². The zero-order valence-electron chi connectivity index (χ0n) is 14.7. The van der Waals surface area contributed by atoms with Crippen LogP contribution in [0.1, 0.15) is 21.5 Å². The second kappa shape index (κ2) is 7.44. The van der Waals surface area contributed by atoms with Crippen LogP contribution in [-0.4, -0.2) is 13.0 Å². The summed E-state index contributed by atoms with van der Waals surface area (Å²) in [5, 5.41) is 6.49. The normalized spacial score (nSPS) is 11.3. The van der Waals surface area contributed by atoms with Gasteiger partial charge >= 0.3 is 6.18 Å². The molecule has 7 heteroatoms. The van der Waals surface area contributed by atoms with Crippen molar-refractivity contribution in [3.8, 4) is 0 Å². The molecule has 1 heterocycles. The smallest absolute Gasteiger partial charge is 0.344 e. The Kier molecular flexibility index (Phi) is 5.23. The number of halogens is 3. The summed E-state index contributed by atoms with van der Waals surface area (Å²) >= 11 is 1.57. The van der Waals surface area contributed by atoms with Crippen molar-refractivity contribution in [2.75, 3.05) is 17.3 Å². The Morgan fingerprint density at radius 3 is 2.56 bits per heavy atom. The third-order valence-electron chi connectivity index (χ3n) is 4.17. The van der Waals surface area contributed by atoms with Crippen LogP contribution in [0.15, 0.2) is 59.3 Å². The van der Waals surface area contributed by atoms with Crippen LogP contribution < -0.4 is 10.2 Å². The first-order valence-corrected chi connectivity index (χ1v) is 9.05. The van der Waals surface area contributed by atoms with Crippen LogP contribution >= 0.6 is 11.3 Å². The highest BCUT2D eigenvalue weighted by Gasteiger charge is 2.30. The van der Waals surface area contributed by atoms with Gasteiger partial charge in [-0.3, -0.25) is 4.79 Å². The third kappa shape index (κ3) is 4.31. The number of alkyl halides is 3. The summed E-state index contributed by atoms with van der Waals surface area (Å²) in [6, 6.07) is 11.8. The number of aryl methyl sites for hydroxylation is 1. The minimum atomic E-state index is -4.46. The number of amides is 1. The highest BCUT2D eigenvalue weighted by Crippen LogP contribution is 2.31. The highest BCUT2D eigenvalue weighted by atomic mass is 32.1. The van der Waals surface area contributed by atoms with E-state index < -0.39 is 17.6 Å². The average molecular weight is 390 g/mol. The molecule has 0 saturated carbocycles. The number of nitrogens with zero attached hydrogens (tertiary/aromatic N) is 1. The summed E-state index contributed by atoms with van der Waals surface area (Å²) in [6.45, 7) is 1.94. The van der Waals surface area contributed by atoms with Gasteiger partial charge in [0.2, 0.25) is 0 Å². The van der Waals surface area contributed by atoms with Crippen molar-refractivity contribution in [3.63, 3.8) is 0 Å². The molecule has 3 rings (SSSR count). The standard InChI is InChI=1S/C20H17F3N2OS/c1-13-6-7-14(10-18(13)25(2)17-8-9-27-12-17)19(26)24-16-5-3-4-15(11-16)20(21,22)23/h3-12H,1-2H3,(H,24,26). The fourth-order valence-electron chi connectivity index (χ4n) is 2.68. The van der Waals surface area contributed by atoms with Crippen molar-refractivity contribution >= 4 is 34.3 Å². The lowest BCUT2D eigenvalue weighted by Gasteiger charge is -2.21. The van der Waals surface area contributed by atoms with Crippen molar-refractivity contribution < 1.29 is 18.0 Å². The summed E-state index contributed by atoms with van der Waals surface area (Å²) in [7, 11) is 1.90. The van der Waals surface area contributed by atoms with Gasteiger partial charge in [-0.15, -0.1) is 0 Å². The van der Waals surface area contributed by atoms with Crippen molar-refractivity contribution in [2.24, 2.45) is 0 Å². The van der Waals surface area contributed by atoms with Gasteiger partial charge in [-0.25, -0.2) is 0 Å². The summed E-state index contributed by atoms with van der Waals surface area (Å²) in [4.78, 5) is 14.5. The van der Waals surface area contributed by atoms with Crippen molar-refractivity contribution in [2.45, 2.75) is 13.1 Å². The lowest BCUT2D eigenvalue weighted by atomic mass is 10.1. The molecule has 0 aliphatic rings. The molecule has 0 atom stereocenters. The molecule has 0 radical (unpaired) electrons. The maximum Gasteiger partial charge on any atom is 0.416 e. The van der Waals surface area contributed by atoms with Gasteiger partial charge < -0.3 is 10.2 Å². The van der Waals surface area contributed by atoms with Crippen LogP contribution in [0.4, 0.5) is 30.2 Å². The first-order valence-electron chi connectivity index (χ1n) is 8.11. The molecular weight excluding hydrogens is 373 g/mol. The molecule has 140 valence electrons. The average Bonchev–Trinajstić information content (AvgIpc) is 3.15. The summed E-state index contributed by atoms with van der Waals surface area (Å²) in [5.74, 6) is -0.464. The fourth-order valence-corrected chi connectivity index (χ4v) is 3.35. The van der Waals surface area contributed by atoms with Crippen LogP contribution in [0.25, 0.3) is 0 Å². The van der Waals surface area contributed by atoms with E-state index in [2.05, 4.69) is 5.32 Å². The molecule has 0 spiro atoms. The minimum absolute atomic E-state index is 0.100. The number of hydrogen-bond acceptors (Lipinski definition) is 3. The Morgan fingerprint density at radius 1 is 1.11 bits per heavy atom. The fraction of sp³-hybridized carbons (Fsp3) is 0.150. The summed E-state index contributed by atoms with van der Waals surface area (Å²) < 4.78 is 38.5. The molecule has 0 saturated heterocycles. The number of anilines is 3. The molecule has 3 nitrogen and oxygen atoms in total. The first-order chi connectivity index (χ1) is 12.8. The molecule has 1 aromatic heterocycles. The molecule has 0 unspecified atom stereocenters. The SMILES string of the molecule is Cc1ccc(C(=O)Nc2cccc(C(F)(F)F)c2)cc1N(C)c1ccsc1. The van der Waals surface area contributed by atoms with E-state index in [0.717, 1.165) is 29.1 Å². The molecule has 2 aromatic carbocycles. The van der Waals surface area contributed by atoms with Crippen LogP contribution in [-0.2, 0) is 6.18 Å². The van der Waals surface area contributed by atoms with Crippen molar-refractivity contribution in [1.29, 1.82) is 0 Å². The Labute approximate surface area is 159 Å². The molecule has 0 aliphatic carbocycles. The second-order valence-electron chi connectivity index (χ2n) is 6.07. The number of carbonyl (C=O) groups excluding carboxylic acids is 1. The molecular formula is C20H17F3N2OS. The summed E-state index contributed by atoms with van der Waals surface area (Å²) in [5.41, 5.74) is 2.50. The monoisotopic (exact) mass is 390 g/mol. The van der Waals surface area contributed by atoms with E-state index in [1.54, 1.807) is 23.5 Å². The van der Waals surface area contributed by atoms with Crippen LogP contribution in [0.2, 0.25) is 0 Å². The molecule has 1 amide bonds. The number of hydrogen-bond donors (Lipinski definition) is 1.